The van der Waals surface area contributed by atoms with Crippen molar-refractivity contribution in [3.05, 3.63) is 72.1 Å². The maximum absolute atomic E-state index is 11.7. The van der Waals surface area contributed by atoms with Crippen LogP contribution < -0.4 is 11.1 Å². The number of H-pyrrole nitrogens is 2. The number of nitrogens with one attached hydrogen (secondary N) is 3. The van der Waals surface area contributed by atoms with Crippen molar-refractivity contribution >= 4 is 33.7 Å². The van der Waals surface area contributed by atoms with Gasteiger partial charge in [-0.1, -0.05) is 75.9 Å². The zero-order valence-corrected chi connectivity index (χ0v) is 23.6. The molecule has 0 radical (unpaired) electrons. The van der Waals surface area contributed by atoms with Crippen molar-refractivity contribution in [2.24, 2.45) is 5.73 Å². The Morgan fingerprint density at radius 3 is 1.77 bits per heavy atom. The summed E-state index contributed by atoms with van der Waals surface area (Å²) in [6.07, 6.45) is 13.2. The average molecular weight is 535 g/mol. The highest BCUT2D eigenvalue weighted by Crippen LogP contribution is 2.19. The topological polar surface area (TPSA) is 124 Å². The van der Waals surface area contributed by atoms with Gasteiger partial charge in [-0.25, -0.2) is 0 Å². The van der Waals surface area contributed by atoms with Gasteiger partial charge in [-0.3, -0.25) is 9.59 Å². The van der Waals surface area contributed by atoms with Crippen LogP contribution in [0.25, 0.3) is 21.8 Å². The Balaban J connectivity index is 0.000000234. The minimum absolute atomic E-state index is 0.154. The van der Waals surface area contributed by atoms with Crippen molar-refractivity contribution in [3.8, 4) is 0 Å². The predicted octanol–water partition coefficient (Wildman–Crippen LogP) is 6.73. The molecule has 4 rings (SSSR count). The third-order valence-electron chi connectivity index (χ3n) is 6.49. The Labute approximate surface area is 232 Å². The molecular weight excluding hydrogens is 488 g/mol. The van der Waals surface area contributed by atoms with Crippen LogP contribution >= 0.6 is 0 Å². The number of aliphatic carboxylic acids is 1. The second-order valence-electron chi connectivity index (χ2n) is 9.67. The number of carbonyl (C=O) groups is 2. The average Bonchev–Trinajstić information content (AvgIpc) is 3.57. The normalized spacial score (nSPS) is 10.4. The fourth-order valence-electron chi connectivity index (χ4n) is 4.25. The lowest BCUT2D eigenvalue weighted by molar-refractivity contribution is -0.137. The van der Waals surface area contributed by atoms with Gasteiger partial charge in [0.2, 0.25) is 5.91 Å². The molecule has 0 aliphatic heterocycles. The van der Waals surface area contributed by atoms with E-state index in [1.165, 1.54) is 43.1 Å². The smallest absolute Gasteiger partial charge is 0.303 e. The molecule has 0 atom stereocenters. The number of carbonyl (C=O) groups excluding carboxylic acids is 1. The Kier molecular flexibility index (Phi) is 15.1. The summed E-state index contributed by atoms with van der Waals surface area (Å²) in [5.74, 6) is -0.600. The molecule has 0 fully saturated rings. The van der Waals surface area contributed by atoms with Crippen LogP contribution in [0, 0.1) is 0 Å². The Bertz CT molecular complexity index is 1240. The van der Waals surface area contributed by atoms with Gasteiger partial charge in [-0.05, 0) is 55.5 Å². The van der Waals surface area contributed by atoms with Gasteiger partial charge in [0.05, 0.1) is 0 Å². The van der Waals surface area contributed by atoms with E-state index in [9.17, 15) is 9.59 Å². The highest BCUT2D eigenvalue weighted by atomic mass is 16.4. The summed E-state index contributed by atoms with van der Waals surface area (Å²) in [5.41, 5.74) is 9.71. The van der Waals surface area contributed by atoms with Gasteiger partial charge in [0.25, 0.3) is 0 Å². The first-order valence-corrected chi connectivity index (χ1v) is 14.3. The Hall–Kier alpha value is -3.58. The number of hydrogen-bond acceptors (Lipinski definition) is 3. The first-order chi connectivity index (χ1) is 19.0. The summed E-state index contributed by atoms with van der Waals surface area (Å²) < 4.78 is 0. The molecule has 2 aromatic heterocycles. The summed E-state index contributed by atoms with van der Waals surface area (Å²) in [6, 6.07) is 16.1. The Morgan fingerprint density at radius 2 is 1.28 bits per heavy atom. The second kappa shape index (κ2) is 18.6. The number of fused-ring (bicyclic) bond motifs is 2. The van der Waals surface area contributed by atoms with E-state index >= 15 is 0 Å². The van der Waals surface area contributed by atoms with E-state index in [0.717, 1.165) is 47.9 Å². The van der Waals surface area contributed by atoms with E-state index in [1.807, 2.05) is 48.8 Å². The molecule has 0 aliphatic rings. The number of aromatic amines is 2. The number of nitrogens with two attached hydrogens (primary N) is 1. The fourth-order valence-corrected chi connectivity index (χ4v) is 4.25. The van der Waals surface area contributed by atoms with E-state index < -0.39 is 5.97 Å². The highest BCUT2D eigenvalue weighted by Gasteiger charge is 2.06. The van der Waals surface area contributed by atoms with Crippen molar-refractivity contribution in [3.63, 3.8) is 0 Å². The van der Waals surface area contributed by atoms with Crippen molar-refractivity contribution in [2.75, 3.05) is 13.1 Å². The summed E-state index contributed by atoms with van der Waals surface area (Å²) in [6.45, 7) is 6.00. The van der Waals surface area contributed by atoms with Crippen LogP contribution in [-0.2, 0) is 22.4 Å². The number of aromatic nitrogens is 2. The van der Waals surface area contributed by atoms with Crippen LogP contribution in [0.2, 0.25) is 0 Å². The number of aryl methyl sites for hydroxylation is 2. The zero-order chi connectivity index (χ0) is 28.3. The summed E-state index contributed by atoms with van der Waals surface area (Å²) in [4.78, 5) is 28.5. The molecule has 0 unspecified atom stereocenters. The van der Waals surface area contributed by atoms with Gasteiger partial charge < -0.3 is 26.1 Å². The molecule has 0 aliphatic carbocycles. The number of unbranched alkanes of at least 4 members (excludes halogenated alkanes) is 4. The van der Waals surface area contributed by atoms with Gasteiger partial charge in [-0.15, -0.1) is 0 Å². The van der Waals surface area contributed by atoms with Crippen LogP contribution in [0.1, 0.15) is 76.3 Å². The molecule has 2 heterocycles. The number of carboxylic acid groups (broad SMARTS) is 1. The maximum Gasteiger partial charge on any atom is 0.303 e. The minimum Gasteiger partial charge on any atom is -0.481 e. The Morgan fingerprint density at radius 1 is 0.769 bits per heavy atom. The number of benzene rings is 2. The predicted molar refractivity (Wildman–Crippen MR) is 162 cm³/mol. The van der Waals surface area contributed by atoms with Crippen LogP contribution in [0.5, 0.6) is 0 Å². The molecule has 2 aromatic carbocycles. The van der Waals surface area contributed by atoms with Crippen LogP contribution in [0.4, 0.5) is 0 Å². The third kappa shape index (κ3) is 11.8. The lowest BCUT2D eigenvalue weighted by Crippen LogP contribution is -2.24. The zero-order valence-electron chi connectivity index (χ0n) is 23.6. The monoisotopic (exact) mass is 534 g/mol. The standard InChI is InChI=1S/C16H22N2O.C11H11NO2.C5H13N/c1-2-3-6-11-17-16(19)10-9-13-12-18-15-8-5-4-7-14(13)15;13-11(14)6-5-8-7-12-10-4-2-1-3-9(8)10;1-2-3-4-5-6/h4-5,7-8,12,18H,2-3,6,9-11H2,1H3,(H,17,19);1-4,7,12H,5-6H2,(H,13,14);2-6H2,1H3. The molecule has 7 nitrogen and oxygen atoms in total. The van der Waals surface area contributed by atoms with Crippen molar-refractivity contribution < 1.29 is 14.7 Å². The SMILES string of the molecule is CCCCCN.CCCCCNC(=O)CCc1c[nH]c2ccccc12.O=C(O)CCc1c[nH]c2ccccc12. The van der Waals surface area contributed by atoms with Crippen molar-refractivity contribution in [1.29, 1.82) is 0 Å². The van der Waals surface area contributed by atoms with Gasteiger partial charge in [0.15, 0.2) is 0 Å². The molecule has 7 heteroatoms. The van der Waals surface area contributed by atoms with E-state index in [2.05, 4.69) is 41.3 Å². The molecule has 0 saturated carbocycles. The number of rotatable bonds is 13. The third-order valence-corrected chi connectivity index (χ3v) is 6.49. The lowest BCUT2D eigenvalue weighted by atomic mass is 10.1. The van der Waals surface area contributed by atoms with Gasteiger partial charge >= 0.3 is 5.97 Å². The molecule has 4 aromatic rings. The number of para-hydroxylation sites is 2. The number of carboxylic acids is 1. The molecule has 6 N–H and O–H groups in total. The highest BCUT2D eigenvalue weighted by molar-refractivity contribution is 5.84. The molecule has 1 amide bonds. The lowest BCUT2D eigenvalue weighted by Gasteiger charge is -2.04. The van der Waals surface area contributed by atoms with Crippen LogP contribution in [0.15, 0.2) is 60.9 Å². The van der Waals surface area contributed by atoms with Gasteiger partial charge in [0.1, 0.15) is 0 Å². The minimum atomic E-state index is -0.754. The molecule has 0 saturated heterocycles. The second-order valence-corrected chi connectivity index (χ2v) is 9.67. The first kappa shape index (κ1) is 31.6. The van der Waals surface area contributed by atoms with Gasteiger partial charge in [-0.2, -0.15) is 0 Å². The van der Waals surface area contributed by atoms with Gasteiger partial charge in [0, 0.05) is 53.6 Å². The molecule has 39 heavy (non-hydrogen) atoms. The fraction of sp³-hybridized carbons (Fsp3) is 0.438. The van der Waals surface area contributed by atoms with E-state index in [-0.39, 0.29) is 12.3 Å². The molecule has 0 bridgehead atoms. The number of hydrogen-bond donors (Lipinski definition) is 5. The molecule has 212 valence electrons. The molecule has 0 spiro atoms. The van der Waals surface area contributed by atoms with Crippen molar-refractivity contribution in [1.82, 2.24) is 15.3 Å². The summed E-state index contributed by atoms with van der Waals surface area (Å²) in [5, 5.41) is 13.9. The molecular formula is C32H46N4O3. The maximum atomic E-state index is 11.7. The quantitative estimate of drug-likeness (QED) is 0.122. The summed E-state index contributed by atoms with van der Waals surface area (Å²) >= 11 is 0. The van der Waals surface area contributed by atoms with E-state index in [1.54, 1.807) is 0 Å². The van der Waals surface area contributed by atoms with Crippen molar-refractivity contribution in [2.45, 2.75) is 78.1 Å². The summed E-state index contributed by atoms with van der Waals surface area (Å²) in [7, 11) is 0. The van der Waals surface area contributed by atoms with E-state index in [0.29, 0.717) is 12.8 Å². The number of amides is 1. The first-order valence-electron chi connectivity index (χ1n) is 14.3. The van der Waals surface area contributed by atoms with Crippen LogP contribution in [0.3, 0.4) is 0 Å². The van der Waals surface area contributed by atoms with Crippen LogP contribution in [-0.4, -0.2) is 40.0 Å². The van der Waals surface area contributed by atoms with E-state index in [4.69, 9.17) is 10.8 Å². The largest absolute Gasteiger partial charge is 0.481 e.